The van der Waals surface area contributed by atoms with Gasteiger partial charge in [-0.1, -0.05) is 26.0 Å². The summed E-state index contributed by atoms with van der Waals surface area (Å²) in [6, 6.07) is 0. The van der Waals surface area contributed by atoms with Gasteiger partial charge < -0.3 is 4.74 Å². The zero-order valence-electron chi connectivity index (χ0n) is 19.5. The SMILES string of the molecule is CCC(F)CC/C=C/[C@H]1CC[C@H](C2CCC([C@]3(C)CC[C@@H](OC)CC3)CC2)CC1. The highest BCUT2D eigenvalue weighted by Gasteiger charge is 2.40. The van der Waals surface area contributed by atoms with E-state index in [-0.39, 0.29) is 0 Å². The lowest BCUT2D eigenvalue weighted by Crippen LogP contribution is -2.37. The molecule has 3 rings (SSSR count). The number of allylic oxidation sites excluding steroid dienone is 2. The van der Waals surface area contributed by atoms with Gasteiger partial charge in [-0.2, -0.15) is 0 Å². The van der Waals surface area contributed by atoms with Crippen LogP contribution in [-0.4, -0.2) is 19.4 Å². The second-order valence-corrected chi connectivity index (χ2v) is 10.9. The Bertz CT molecular complexity index is 477. The van der Waals surface area contributed by atoms with Crippen LogP contribution in [0.1, 0.15) is 110 Å². The van der Waals surface area contributed by atoms with Crippen molar-refractivity contribution >= 4 is 0 Å². The molecule has 0 N–H and O–H groups in total. The van der Waals surface area contributed by atoms with E-state index in [4.69, 9.17) is 4.74 Å². The predicted molar refractivity (Wildman–Crippen MR) is 122 cm³/mol. The highest BCUT2D eigenvalue weighted by atomic mass is 19.1. The number of halogens is 1. The molecule has 0 saturated heterocycles. The average Bonchev–Trinajstić information content (AvgIpc) is 2.77. The summed E-state index contributed by atoms with van der Waals surface area (Å²) < 4.78 is 18.9. The van der Waals surface area contributed by atoms with Gasteiger partial charge >= 0.3 is 0 Å². The molecule has 29 heavy (non-hydrogen) atoms. The molecule has 1 nitrogen and oxygen atoms in total. The van der Waals surface area contributed by atoms with E-state index in [0.29, 0.717) is 24.4 Å². The third-order valence-electron chi connectivity index (χ3n) is 9.15. The molecule has 168 valence electrons. The van der Waals surface area contributed by atoms with Crippen LogP contribution in [0.2, 0.25) is 0 Å². The maximum absolute atomic E-state index is 13.3. The minimum absolute atomic E-state index is 0.522. The van der Waals surface area contributed by atoms with E-state index in [1.54, 1.807) is 0 Å². The Labute approximate surface area is 180 Å². The average molecular weight is 407 g/mol. The normalized spacial score (nSPS) is 40.2. The fraction of sp³-hybridized carbons (Fsp3) is 0.926. The molecule has 0 amide bonds. The minimum Gasteiger partial charge on any atom is -0.381 e. The number of hydrogen-bond donors (Lipinski definition) is 0. The highest BCUT2D eigenvalue weighted by Crippen LogP contribution is 2.51. The van der Waals surface area contributed by atoms with Gasteiger partial charge in [0.25, 0.3) is 0 Å². The fourth-order valence-electron chi connectivity index (χ4n) is 6.76. The molecule has 0 aromatic rings. The quantitative estimate of drug-likeness (QED) is 0.368. The van der Waals surface area contributed by atoms with Crippen LogP contribution in [-0.2, 0) is 4.74 Å². The van der Waals surface area contributed by atoms with Crippen molar-refractivity contribution in [3.05, 3.63) is 12.2 Å². The third-order valence-corrected chi connectivity index (χ3v) is 9.15. The molecule has 3 saturated carbocycles. The molecular formula is C27H47FO. The Kier molecular flexibility index (Phi) is 9.08. The topological polar surface area (TPSA) is 9.23 Å². The molecule has 0 bridgehead atoms. The molecule has 1 atom stereocenters. The Hall–Kier alpha value is -0.370. The smallest absolute Gasteiger partial charge is 0.100 e. The van der Waals surface area contributed by atoms with Crippen LogP contribution in [0.3, 0.4) is 0 Å². The number of alkyl halides is 1. The van der Waals surface area contributed by atoms with Crippen LogP contribution in [0.25, 0.3) is 0 Å². The second kappa shape index (κ2) is 11.3. The van der Waals surface area contributed by atoms with Gasteiger partial charge in [-0.25, -0.2) is 4.39 Å². The van der Waals surface area contributed by atoms with Crippen molar-refractivity contribution in [2.45, 2.75) is 122 Å². The van der Waals surface area contributed by atoms with E-state index in [0.717, 1.165) is 30.1 Å². The van der Waals surface area contributed by atoms with E-state index < -0.39 is 6.17 Å². The van der Waals surface area contributed by atoms with Gasteiger partial charge in [0, 0.05) is 7.11 Å². The van der Waals surface area contributed by atoms with Gasteiger partial charge in [-0.05, 0) is 125 Å². The molecule has 0 aliphatic heterocycles. The van der Waals surface area contributed by atoms with Crippen molar-refractivity contribution in [2.24, 2.45) is 29.1 Å². The molecule has 1 unspecified atom stereocenters. The molecule has 3 fully saturated rings. The Morgan fingerprint density at radius 3 is 2.07 bits per heavy atom. The first-order valence-corrected chi connectivity index (χ1v) is 12.9. The molecule has 0 heterocycles. The van der Waals surface area contributed by atoms with Crippen molar-refractivity contribution in [3.8, 4) is 0 Å². The van der Waals surface area contributed by atoms with Gasteiger partial charge in [-0.15, -0.1) is 0 Å². The van der Waals surface area contributed by atoms with Crippen LogP contribution >= 0.6 is 0 Å². The van der Waals surface area contributed by atoms with Crippen LogP contribution in [0.15, 0.2) is 12.2 Å². The molecular weight excluding hydrogens is 359 g/mol. The largest absolute Gasteiger partial charge is 0.381 e. The van der Waals surface area contributed by atoms with Crippen LogP contribution < -0.4 is 0 Å². The zero-order chi connectivity index (χ0) is 20.7. The summed E-state index contributed by atoms with van der Waals surface area (Å²) in [4.78, 5) is 0. The number of hydrogen-bond acceptors (Lipinski definition) is 1. The summed E-state index contributed by atoms with van der Waals surface area (Å²) >= 11 is 0. The van der Waals surface area contributed by atoms with Crippen molar-refractivity contribution in [1.82, 2.24) is 0 Å². The number of rotatable bonds is 8. The van der Waals surface area contributed by atoms with E-state index >= 15 is 0 Å². The fourth-order valence-corrected chi connectivity index (χ4v) is 6.76. The first kappa shape index (κ1) is 23.3. The molecule has 2 heteroatoms. The summed E-state index contributed by atoms with van der Waals surface area (Å²) in [5.74, 6) is 3.69. The summed E-state index contributed by atoms with van der Waals surface area (Å²) in [5, 5.41) is 0. The lowest BCUT2D eigenvalue weighted by molar-refractivity contribution is -0.00722. The van der Waals surface area contributed by atoms with E-state index in [1.807, 2.05) is 14.0 Å². The first-order chi connectivity index (χ1) is 14.0. The Balaban J connectivity index is 1.35. The molecule has 0 aromatic heterocycles. The van der Waals surface area contributed by atoms with Crippen LogP contribution in [0.4, 0.5) is 4.39 Å². The standard InChI is InChI=1S/C27H47FO/c1-4-25(28)8-6-5-7-21-9-11-22(12-10-21)23-13-15-24(16-14-23)27(2)19-17-26(29-3)18-20-27/h5,7,21-26H,4,6,8-20H2,1-3H3/b7-5+/t21-,22-,23?,24?,25?,26-,27-. The first-order valence-electron chi connectivity index (χ1n) is 12.9. The van der Waals surface area contributed by atoms with Crippen molar-refractivity contribution < 1.29 is 9.13 Å². The number of methoxy groups -OCH3 is 1. The van der Waals surface area contributed by atoms with Gasteiger partial charge in [0.15, 0.2) is 0 Å². The summed E-state index contributed by atoms with van der Waals surface area (Å²) in [6.07, 6.45) is 23.7. The van der Waals surface area contributed by atoms with Crippen molar-refractivity contribution in [1.29, 1.82) is 0 Å². The van der Waals surface area contributed by atoms with Crippen molar-refractivity contribution in [3.63, 3.8) is 0 Å². The lowest BCUT2D eigenvalue weighted by atomic mass is 9.59. The van der Waals surface area contributed by atoms with Gasteiger partial charge in [0.05, 0.1) is 6.10 Å². The summed E-state index contributed by atoms with van der Waals surface area (Å²) in [7, 11) is 1.88. The van der Waals surface area contributed by atoms with E-state index in [9.17, 15) is 4.39 Å². The molecule has 0 aromatic carbocycles. The Morgan fingerprint density at radius 1 is 0.931 bits per heavy atom. The maximum Gasteiger partial charge on any atom is 0.100 e. The summed E-state index contributed by atoms with van der Waals surface area (Å²) in [5.41, 5.74) is 0.582. The predicted octanol–water partition coefficient (Wildman–Crippen LogP) is 8.28. The molecule has 3 aliphatic rings. The van der Waals surface area contributed by atoms with Gasteiger partial charge in [-0.3, -0.25) is 0 Å². The number of ether oxygens (including phenoxy) is 1. The minimum atomic E-state index is -0.609. The summed E-state index contributed by atoms with van der Waals surface area (Å²) in [6.45, 7) is 4.52. The van der Waals surface area contributed by atoms with Crippen molar-refractivity contribution in [2.75, 3.05) is 7.11 Å². The monoisotopic (exact) mass is 406 g/mol. The highest BCUT2D eigenvalue weighted by molar-refractivity contribution is 4.94. The van der Waals surface area contributed by atoms with E-state index in [1.165, 1.54) is 77.0 Å². The Morgan fingerprint density at radius 2 is 1.52 bits per heavy atom. The molecule has 0 spiro atoms. The third kappa shape index (κ3) is 6.55. The van der Waals surface area contributed by atoms with Crippen LogP contribution in [0, 0.1) is 29.1 Å². The lowest BCUT2D eigenvalue weighted by Gasteiger charge is -2.47. The van der Waals surface area contributed by atoms with Gasteiger partial charge in [0.2, 0.25) is 0 Å². The maximum atomic E-state index is 13.3. The van der Waals surface area contributed by atoms with Crippen LogP contribution in [0.5, 0.6) is 0 Å². The van der Waals surface area contributed by atoms with E-state index in [2.05, 4.69) is 19.1 Å². The van der Waals surface area contributed by atoms with Gasteiger partial charge in [0.1, 0.15) is 6.17 Å². The second-order valence-electron chi connectivity index (χ2n) is 10.9. The molecule has 3 aliphatic carbocycles. The zero-order valence-corrected chi connectivity index (χ0v) is 19.5. The molecule has 0 radical (unpaired) electrons.